The second-order valence-electron chi connectivity index (χ2n) is 5.37. The van der Waals surface area contributed by atoms with Crippen molar-refractivity contribution in [3.8, 4) is 0 Å². The van der Waals surface area contributed by atoms with E-state index in [-0.39, 0.29) is 18.6 Å². The van der Waals surface area contributed by atoms with E-state index in [1.165, 1.54) is 16.9 Å². The Labute approximate surface area is 140 Å². The zero-order valence-electron chi connectivity index (χ0n) is 13.6. The van der Waals surface area contributed by atoms with E-state index in [0.717, 1.165) is 16.9 Å². The molecule has 0 bridgehead atoms. The van der Waals surface area contributed by atoms with Crippen LogP contribution in [0.25, 0.3) is 0 Å². The third-order valence-electron chi connectivity index (χ3n) is 3.54. The summed E-state index contributed by atoms with van der Waals surface area (Å²) in [6, 6.07) is 11.5. The van der Waals surface area contributed by atoms with Crippen molar-refractivity contribution in [1.29, 1.82) is 0 Å². The molecule has 4 nitrogen and oxygen atoms in total. The van der Waals surface area contributed by atoms with Gasteiger partial charge in [-0.25, -0.2) is 4.79 Å². The topological polar surface area (TPSA) is 55.4 Å². The molecule has 0 aliphatic carbocycles. The smallest absolute Gasteiger partial charge is 0.348 e. The summed E-state index contributed by atoms with van der Waals surface area (Å²) in [6.45, 7) is 5.65. The van der Waals surface area contributed by atoms with Gasteiger partial charge in [-0.3, -0.25) is 4.79 Å². The van der Waals surface area contributed by atoms with E-state index in [9.17, 15) is 9.59 Å². The summed E-state index contributed by atoms with van der Waals surface area (Å²) >= 11 is 1.36. The van der Waals surface area contributed by atoms with Crippen molar-refractivity contribution >= 4 is 23.2 Å². The van der Waals surface area contributed by atoms with Crippen molar-refractivity contribution < 1.29 is 14.3 Å². The standard InChI is InChI=1S/C18H21NO3S/c1-4-14-6-8-15(9-7-14)13(3)19-17(20)11-22-18(21)16-10-5-12(2)23-16/h5-10,13H,4,11H2,1-3H3,(H,19,20)/t13-/m0/s1. The number of hydrogen-bond acceptors (Lipinski definition) is 4. The minimum Gasteiger partial charge on any atom is -0.451 e. The normalized spacial score (nSPS) is 11.8. The first kappa shape index (κ1) is 17.2. The molecule has 1 amide bonds. The fourth-order valence-electron chi connectivity index (χ4n) is 2.15. The van der Waals surface area contributed by atoms with E-state index in [4.69, 9.17) is 4.74 Å². The molecule has 2 rings (SSSR count). The quantitative estimate of drug-likeness (QED) is 0.822. The molecule has 0 radical (unpaired) electrons. The molecule has 23 heavy (non-hydrogen) atoms. The molecule has 2 aromatic rings. The van der Waals surface area contributed by atoms with Gasteiger partial charge in [0.05, 0.1) is 6.04 Å². The number of esters is 1. The minimum atomic E-state index is -0.460. The molecule has 0 aliphatic heterocycles. The molecule has 1 aromatic heterocycles. The van der Waals surface area contributed by atoms with Crippen LogP contribution in [-0.4, -0.2) is 18.5 Å². The Hall–Kier alpha value is -2.14. The van der Waals surface area contributed by atoms with Crippen LogP contribution in [0.5, 0.6) is 0 Å². The number of carbonyl (C=O) groups is 2. The van der Waals surface area contributed by atoms with Gasteiger partial charge in [0, 0.05) is 4.88 Å². The van der Waals surface area contributed by atoms with Crippen molar-refractivity contribution in [2.24, 2.45) is 0 Å². The highest BCUT2D eigenvalue weighted by molar-refractivity contribution is 7.13. The van der Waals surface area contributed by atoms with Gasteiger partial charge < -0.3 is 10.1 Å². The number of carbonyl (C=O) groups excluding carboxylic acids is 2. The number of aryl methyl sites for hydroxylation is 2. The van der Waals surface area contributed by atoms with Crippen LogP contribution < -0.4 is 5.32 Å². The summed E-state index contributed by atoms with van der Waals surface area (Å²) in [5, 5.41) is 2.83. The fourth-order valence-corrected chi connectivity index (χ4v) is 2.92. The Morgan fingerprint density at radius 2 is 1.87 bits per heavy atom. The summed E-state index contributed by atoms with van der Waals surface area (Å²) in [7, 11) is 0. The van der Waals surface area contributed by atoms with Gasteiger partial charge in [-0.2, -0.15) is 0 Å². The second kappa shape index (κ2) is 7.92. The molecule has 1 aromatic carbocycles. The second-order valence-corrected chi connectivity index (χ2v) is 6.66. The van der Waals surface area contributed by atoms with E-state index in [1.54, 1.807) is 6.07 Å². The van der Waals surface area contributed by atoms with Crippen molar-refractivity contribution in [3.63, 3.8) is 0 Å². The number of amides is 1. The molecule has 0 saturated heterocycles. The van der Waals surface area contributed by atoms with Gasteiger partial charge in [0.1, 0.15) is 4.88 Å². The first-order valence-corrected chi connectivity index (χ1v) is 8.43. The Morgan fingerprint density at radius 1 is 1.17 bits per heavy atom. The van der Waals surface area contributed by atoms with Crippen LogP contribution in [0.3, 0.4) is 0 Å². The zero-order valence-corrected chi connectivity index (χ0v) is 14.4. The third kappa shape index (κ3) is 4.93. The van der Waals surface area contributed by atoms with Gasteiger partial charge in [-0.1, -0.05) is 31.2 Å². The maximum Gasteiger partial charge on any atom is 0.348 e. The third-order valence-corrected chi connectivity index (χ3v) is 4.52. The number of nitrogens with one attached hydrogen (secondary N) is 1. The average molecular weight is 331 g/mol. The molecule has 0 fully saturated rings. The largest absolute Gasteiger partial charge is 0.451 e. The van der Waals surface area contributed by atoms with Crippen LogP contribution in [0, 0.1) is 6.92 Å². The Kier molecular flexibility index (Phi) is 5.93. The van der Waals surface area contributed by atoms with Crippen LogP contribution >= 0.6 is 11.3 Å². The van der Waals surface area contributed by atoms with E-state index in [1.807, 2.05) is 32.0 Å². The zero-order chi connectivity index (χ0) is 16.8. The number of thiophene rings is 1. The number of rotatable bonds is 6. The lowest BCUT2D eigenvalue weighted by Crippen LogP contribution is -2.31. The van der Waals surface area contributed by atoms with E-state index in [0.29, 0.717) is 4.88 Å². The number of ether oxygens (including phenoxy) is 1. The molecule has 0 aliphatic rings. The van der Waals surface area contributed by atoms with E-state index >= 15 is 0 Å². The summed E-state index contributed by atoms with van der Waals surface area (Å²) in [5.74, 6) is -0.767. The summed E-state index contributed by atoms with van der Waals surface area (Å²) in [4.78, 5) is 25.2. The highest BCUT2D eigenvalue weighted by atomic mass is 32.1. The lowest BCUT2D eigenvalue weighted by Gasteiger charge is -2.14. The monoisotopic (exact) mass is 331 g/mol. The average Bonchev–Trinajstić information content (AvgIpc) is 2.99. The predicted octanol–water partition coefficient (Wildman–Crippen LogP) is 3.65. The molecule has 5 heteroatoms. The molecular weight excluding hydrogens is 310 g/mol. The SMILES string of the molecule is CCc1ccc([C@H](C)NC(=O)COC(=O)c2ccc(C)s2)cc1. The Bertz CT molecular complexity index is 676. The molecule has 0 saturated carbocycles. The van der Waals surface area contributed by atoms with Crippen LogP contribution in [0.1, 0.15) is 45.6 Å². The molecule has 122 valence electrons. The maximum atomic E-state index is 11.9. The molecule has 1 heterocycles. The Morgan fingerprint density at radius 3 is 2.43 bits per heavy atom. The van der Waals surface area contributed by atoms with Crippen LogP contribution in [0.15, 0.2) is 36.4 Å². The van der Waals surface area contributed by atoms with Crippen molar-refractivity contribution in [1.82, 2.24) is 5.32 Å². The van der Waals surface area contributed by atoms with Gasteiger partial charge in [0.15, 0.2) is 6.61 Å². The molecular formula is C18H21NO3S. The van der Waals surface area contributed by atoms with Gasteiger partial charge in [0.25, 0.3) is 5.91 Å². The van der Waals surface area contributed by atoms with Crippen molar-refractivity contribution in [2.45, 2.75) is 33.2 Å². The van der Waals surface area contributed by atoms with Gasteiger partial charge in [-0.15, -0.1) is 11.3 Å². The molecule has 1 atom stereocenters. The molecule has 0 spiro atoms. The van der Waals surface area contributed by atoms with E-state index in [2.05, 4.69) is 24.4 Å². The number of hydrogen-bond donors (Lipinski definition) is 1. The minimum absolute atomic E-state index is 0.129. The van der Waals surface area contributed by atoms with Crippen molar-refractivity contribution in [3.05, 3.63) is 57.3 Å². The highest BCUT2D eigenvalue weighted by Crippen LogP contribution is 2.16. The Balaban J connectivity index is 1.82. The van der Waals surface area contributed by atoms with Crippen LogP contribution in [0.4, 0.5) is 0 Å². The maximum absolute atomic E-state index is 11.9. The van der Waals surface area contributed by atoms with Gasteiger partial charge in [-0.05, 0) is 43.5 Å². The predicted molar refractivity (Wildman–Crippen MR) is 91.7 cm³/mol. The van der Waals surface area contributed by atoms with Crippen LogP contribution in [0.2, 0.25) is 0 Å². The molecule has 1 N–H and O–H groups in total. The van der Waals surface area contributed by atoms with Crippen molar-refractivity contribution in [2.75, 3.05) is 6.61 Å². The molecule has 0 unspecified atom stereocenters. The fraction of sp³-hybridized carbons (Fsp3) is 0.333. The van der Waals surface area contributed by atoms with E-state index < -0.39 is 5.97 Å². The lowest BCUT2D eigenvalue weighted by atomic mass is 10.1. The summed E-state index contributed by atoms with van der Waals surface area (Å²) in [5.41, 5.74) is 2.28. The van der Waals surface area contributed by atoms with Gasteiger partial charge in [0.2, 0.25) is 0 Å². The highest BCUT2D eigenvalue weighted by Gasteiger charge is 2.14. The number of benzene rings is 1. The first-order chi connectivity index (χ1) is 11.0. The lowest BCUT2D eigenvalue weighted by molar-refractivity contribution is -0.124. The first-order valence-electron chi connectivity index (χ1n) is 7.61. The van der Waals surface area contributed by atoms with Crippen LogP contribution in [-0.2, 0) is 16.0 Å². The summed E-state index contributed by atoms with van der Waals surface area (Å²) in [6.07, 6.45) is 0.985. The van der Waals surface area contributed by atoms with Gasteiger partial charge >= 0.3 is 5.97 Å². The summed E-state index contributed by atoms with van der Waals surface area (Å²) < 4.78 is 5.04.